The van der Waals surface area contributed by atoms with Gasteiger partial charge in [0.1, 0.15) is 0 Å². The summed E-state index contributed by atoms with van der Waals surface area (Å²) in [6, 6.07) is 7.83. The van der Waals surface area contributed by atoms with Crippen molar-refractivity contribution >= 4 is 34.9 Å². The molecule has 7 nitrogen and oxygen atoms in total. The Morgan fingerprint density at radius 3 is 2.72 bits per heavy atom. The van der Waals surface area contributed by atoms with Crippen LogP contribution in [-0.4, -0.2) is 39.2 Å². The van der Waals surface area contributed by atoms with Gasteiger partial charge in [-0.3, -0.25) is 19.9 Å². The SMILES string of the molecule is O=C1NC(=O)/C(=C/c2ccnc(N3CCC(CCCc4ccccn4)CC3)n2)S1. The molecule has 0 radical (unpaired) electrons. The lowest BCUT2D eigenvalue weighted by Crippen LogP contribution is -2.35. The largest absolute Gasteiger partial charge is 0.341 e. The van der Waals surface area contributed by atoms with E-state index >= 15 is 0 Å². The standard InChI is InChI=1S/C21H23N5O2S/c27-19-18(29-21(28)25-19)14-17-7-11-23-20(24-17)26-12-8-15(9-13-26)4-3-6-16-5-1-2-10-22-16/h1-2,5,7,10-11,14-15H,3-4,6,8-9,12-13H2,(H,25,27,28)/b18-14-. The van der Waals surface area contributed by atoms with Crippen molar-refractivity contribution in [1.82, 2.24) is 20.3 Å². The summed E-state index contributed by atoms with van der Waals surface area (Å²) in [6.07, 6.45) is 10.9. The number of carbonyl (C=O) groups excluding carboxylic acids is 2. The number of hydrogen-bond donors (Lipinski definition) is 1. The lowest BCUT2D eigenvalue weighted by atomic mass is 9.91. The second-order valence-corrected chi connectivity index (χ2v) is 8.29. The lowest BCUT2D eigenvalue weighted by Gasteiger charge is -2.32. The van der Waals surface area contributed by atoms with Crippen LogP contribution >= 0.6 is 11.8 Å². The molecule has 2 aliphatic heterocycles. The van der Waals surface area contributed by atoms with Crippen LogP contribution in [-0.2, 0) is 11.2 Å². The van der Waals surface area contributed by atoms with E-state index in [4.69, 9.17) is 0 Å². The number of anilines is 1. The first-order chi connectivity index (χ1) is 14.2. The highest BCUT2D eigenvalue weighted by molar-refractivity contribution is 8.18. The highest BCUT2D eigenvalue weighted by atomic mass is 32.2. The van der Waals surface area contributed by atoms with Gasteiger partial charge in [0.15, 0.2) is 0 Å². The van der Waals surface area contributed by atoms with Crippen LogP contribution in [0.4, 0.5) is 10.7 Å². The summed E-state index contributed by atoms with van der Waals surface area (Å²) >= 11 is 0.899. The fourth-order valence-electron chi connectivity index (χ4n) is 3.69. The molecule has 2 aromatic heterocycles. The van der Waals surface area contributed by atoms with Gasteiger partial charge in [0.2, 0.25) is 5.95 Å². The fourth-order valence-corrected chi connectivity index (χ4v) is 4.36. The van der Waals surface area contributed by atoms with Crippen LogP contribution in [0.25, 0.3) is 6.08 Å². The van der Waals surface area contributed by atoms with Gasteiger partial charge >= 0.3 is 0 Å². The van der Waals surface area contributed by atoms with Gasteiger partial charge in [0.05, 0.1) is 10.6 Å². The van der Waals surface area contributed by atoms with Crippen LogP contribution in [0.3, 0.4) is 0 Å². The number of piperidine rings is 1. The molecule has 0 spiro atoms. The number of nitrogens with one attached hydrogen (secondary N) is 1. The van der Waals surface area contributed by atoms with E-state index in [0.29, 0.717) is 16.5 Å². The van der Waals surface area contributed by atoms with Gasteiger partial charge in [-0.25, -0.2) is 9.97 Å². The highest BCUT2D eigenvalue weighted by Crippen LogP contribution is 2.27. The number of amides is 2. The van der Waals surface area contributed by atoms with Gasteiger partial charge in [-0.05, 0) is 74.1 Å². The molecule has 4 rings (SSSR count). The van der Waals surface area contributed by atoms with Crippen molar-refractivity contribution in [2.24, 2.45) is 5.92 Å². The molecule has 8 heteroatoms. The van der Waals surface area contributed by atoms with Crippen molar-refractivity contribution in [2.45, 2.75) is 32.1 Å². The Hall–Kier alpha value is -2.74. The monoisotopic (exact) mass is 409 g/mol. The molecule has 2 aliphatic rings. The summed E-state index contributed by atoms with van der Waals surface area (Å²) in [5, 5.41) is 1.91. The van der Waals surface area contributed by atoms with E-state index < -0.39 is 0 Å². The number of aryl methyl sites for hydroxylation is 1. The number of imide groups is 1. The molecule has 4 heterocycles. The molecule has 0 unspecified atom stereocenters. The number of nitrogens with zero attached hydrogens (tertiary/aromatic N) is 4. The average molecular weight is 410 g/mol. The Morgan fingerprint density at radius 1 is 1.14 bits per heavy atom. The summed E-state index contributed by atoms with van der Waals surface area (Å²) in [6.45, 7) is 1.87. The molecule has 2 fully saturated rings. The Labute approximate surface area is 174 Å². The molecule has 0 aromatic carbocycles. The molecule has 1 N–H and O–H groups in total. The molecule has 0 bridgehead atoms. The summed E-state index contributed by atoms with van der Waals surface area (Å²) in [7, 11) is 0. The number of pyridine rings is 1. The van der Waals surface area contributed by atoms with Crippen LogP contribution in [0.5, 0.6) is 0 Å². The molecule has 0 aliphatic carbocycles. The second kappa shape index (κ2) is 9.17. The van der Waals surface area contributed by atoms with Crippen molar-refractivity contribution in [2.75, 3.05) is 18.0 Å². The smallest absolute Gasteiger partial charge is 0.290 e. The summed E-state index contributed by atoms with van der Waals surface area (Å²) in [4.78, 5) is 38.9. The minimum absolute atomic E-state index is 0.347. The van der Waals surface area contributed by atoms with Gasteiger partial charge in [0.25, 0.3) is 11.1 Å². The topological polar surface area (TPSA) is 88.1 Å². The predicted octanol–water partition coefficient (Wildman–Crippen LogP) is 3.43. The first-order valence-electron chi connectivity index (χ1n) is 9.90. The van der Waals surface area contributed by atoms with Crippen LogP contribution in [0.1, 0.15) is 37.1 Å². The third-order valence-electron chi connectivity index (χ3n) is 5.25. The maximum atomic E-state index is 11.7. The maximum Gasteiger partial charge on any atom is 0.290 e. The third-order valence-corrected chi connectivity index (χ3v) is 6.06. The number of rotatable bonds is 6. The van der Waals surface area contributed by atoms with Crippen LogP contribution < -0.4 is 10.2 Å². The van der Waals surface area contributed by atoms with Crippen molar-refractivity contribution in [3.63, 3.8) is 0 Å². The van der Waals surface area contributed by atoms with Crippen molar-refractivity contribution in [1.29, 1.82) is 0 Å². The summed E-state index contributed by atoms with van der Waals surface area (Å²) < 4.78 is 0. The van der Waals surface area contributed by atoms with Gasteiger partial charge in [-0.2, -0.15) is 0 Å². The van der Waals surface area contributed by atoms with E-state index in [0.717, 1.165) is 50.0 Å². The van der Waals surface area contributed by atoms with E-state index in [1.165, 1.54) is 18.5 Å². The summed E-state index contributed by atoms with van der Waals surface area (Å²) in [5.41, 5.74) is 1.81. The second-order valence-electron chi connectivity index (χ2n) is 7.28. The normalized spacial score (nSPS) is 19.0. The van der Waals surface area contributed by atoms with Crippen molar-refractivity contribution in [3.8, 4) is 0 Å². The molecule has 2 aromatic rings. The average Bonchev–Trinajstić information content (AvgIpc) is 3.06. The molecular formula is C21H23N5O2S. The van der Waals surface area contributed by atoms with E-state index in [2.05, 4.69) is 31.2 Å². The predicted molar refractivity (Wildman–Crippen MR) is 113 cm³/mol. The molecule has 29 heavy (non-hydrogen) atoms. The van der Waals surface area contributed by atoms with Gasteiger partial charge in [0, 0.05) is 31.2 Å². The number of carbonyl (C=O) groups is 2. The maximum absolute atomic E-state index is 11.7. The minimum atomic E-state index is -0.369. The zero-order valence-electron chi connectivity index (χ0n) is 16.1. The molecule has 0 saturated carbocycles. The first kappa shape index (κ1) is 19.6. The molecule has 0 atom stereocenters. The lowest BCUT2D eigenvalue weighted by molar-refractivity contribution is -0.115. The number of thioether (sulfide) groups is 1. The van der Waals surface area contributed by atoms with Gasteiger partial charge < -0.3 is 4.90 Å². The zero-order chi connectivity index (χ0) is 20.1. The minimum Gasteiger partial charge on any atom is -0.341 e. The van der Waals surface area contributed by atoms with Gasteiger partial charge in [-0.1, -0.05) is 6.07 Å². The number of hydrogen-bond acceptors (Lipinski definition) is 7. The van der Waals surface area contributed by atoms with Crippen molar-refractivity contribution in [3.05, 3.63) is 53.0 Å². The van der Waals surface area contributed by atoms with Crippen LogP contribution in [0.15, 0.2) is 41.6 Å². The molecular weight excluding hydrogens is 386 g/mol. The van der Waals surface area contributed by atoms with Gasteiger partial charge in [-0.15, -0.1) is 0 Å². The zero-order valence-corrected chi connectivity index (χ0v) is 16.9. The first-order valence-corrected chi connectivity index (χ1v) is 10.7. The third kappa shape index (κ3) is 5.20. The Morgan fingerprint density at radius 2 is 2.00 bits per heavy atom. The molecule has 2 saturated heterocycles. The van der Waals surface area contributed by atoms with Crippen molar-refractivity contribution < 1.29 is 9.59 Å². The Bertz CT molecular complexity index is 910. The molecule has 150 valence electrons. The van der Waals surface area contributed by atoms with E-state index in [1.54, 1.807) is 18.3 Å². The van der Waals surface area contributed by atoms with E-state index in [1.807, 2.05) is 18.3 Å². The van der Waals surface area contributed by atoms with Crippen LogP contribution in [0.2, 0.25) is 0 Å². The number of aromatic nitrogens is 3. The highest BCUT2D eigenvalue weighted by Gasteiger charge is 2.25. The quantitative estimate of drug-likeness (QED) is 0.731. The summed E-state index contributed by atoms with van der Waals surface area (Å²) in [5.74, 6) is 1.04. The molecule has 2 amide bonds. The van der Waals surface area contributed by atoms with E-state index in [-0.39, 0.29) is 11.1 Å². The van der Waals surface area contributed by atoms with Crippen LogP contribution in [0, 0.1) is 5.92 Å². The van der Waals surface area contributed by atoms with E-state index in [9.17, 15) is 9.59 Å². The Kier molecular flexibility index (Phi) is 6.19. The fraction of sp³-hybridized carbons (Fsp3) is 0.381. The Balaban J connectivity index is 1.29.